The first-order valence-electron chi connectivity index (χ1n) is 7.21. The van der Waals surface area contributed by atoms with Gasteiger partial charge < -0.3 is 14.4 Å². The topological polar surface area (TPSA) is 66.6 Å². The third-order valence-electron chi connectivity index (χ3n) is 4.29. The predicted molar refractivity (Wildman–Crippen MR) is 81.7 cm³/mol. The highest BCUT2D eigenvalue weighted by atomic mass is 19.3. The summed E-state index contributed by atoms with van der Waals surface area (Å²) in [5.74, 6) is -6.16. The van der Waals surface area contributed by atoms with Gasteiger partial charge in [-0.3, -0.25) is 4.79 Å². The molecule has 2 heterocycles. The number of hydrogen-bond donors (Lipinski definition) is 1. The average molecular weight is 330 g/mol. The van der Waals surface area contributed by atoms with Crippen molar-refractivity contribution in [2.45, 2.75) is 11.5 Å². The molecule has 0 spiro atoms. The van der Waals surface area contributed by atoms with Crippen LogP contribution in [0, 0.1) is 0 Å². The van der Waals surface area contributed by atoms with E-state index in [9.17, 15) is 9.90 Å². The quantitative estimate of drug-likeness (QED) is 0.785. The van der Waals surface area contributed by atoms with Crippen LogP contribution in [0.4, 0.5) is 14.5 Å². The molecule has 7 heteroatoms. The number of likely N-dealkylation sites (N-methyl/N-ethyl adjacent to an activating group) is 1. The van der Waals surface area contributed by atoms with Crippen LogP contribution in [0.5, 0.6) is 0 Å². The summed E-state index contributed by atoms with van der Waals surface area (Å²) in [7, 11) is 1.33. The highest BCUT2D eigenvalue weighted by molar-refractivity contribution is 6.07. The Morgan fingerprint density at radius 2 is 1.83 bits per heavy atom. The van der Waals surface area contributed by atoms with E-state index in [1.54, 1.807) is 18.2 Å². The van der Waals surface area contributed by atoms with Gasteiger partial charge in [0.15, 0.2) is 5.58 Å². The van der Waals surface area contributed by atoms with Gasteiger partial charge in [0.1, 0.15) is 5.52 Å². The van der Waals surface area contributed by atoms with Crippen molar-refractivity contribution in [3.05, 3.63) is 60.0 Å². The number of fused-ring (bicyclic) bond motifs is 2. The van der Waals surface area contributed by atoms with Crippen LogP contribution in [-0.4, -0.2) is 23.0 Å². The number of rotatable bonds is 2. The number of carbonyl (C=O) groups excluding carboxylic acids is 1. The highest BCUT2D eigenvalue weighted by Crippen LogP contribution is 2.52. The average Bonchev–Trinajstić information content (AvgIpc) is 3.11. The van der Waals surface area contributed by atoms with E-state index >= 15 is 8.78 Å². The largest absolute Gasteiger partial charge is 0.435 e. The Balaban J connectivity index is 1.94. The van der Waals surface area contributed by atoms with Crippen molar-refractivity contribution < 1.29 is 23.1 Å². The Kier molecular flexibility index (Phi) is 2.84. The molecule has 2 aromatic carbocycles. The molecule has 1 N–H and O–H groups in total. The van der Waals surface area contributed by atoms with Crippen molar-refractivity contribution in [1.29, 1.82) is 0 Å². The number of nitrogens with zero attached hydrogens (tertiary/aromatic N) is 2. The summed E-state index contributed by atoms with van der Waals surface area (Å²) < 4.78 is 35.4. The Morgan fingerprint density at radius 3 is 2.58 bits per heavy atom. The van der Waals surface area contributed by atoms with E-state index in [2.05, 4.69) is 4.98 Å². The van der Waals surface area contributed by atoms with E-state index in [0.29, 0.717) is 0 Å². The van der Waals surface area contributed by atoms with Crippen molar-refractivity contribution in [2.75, 3.05) is 11.9 Å². The summed E-state index contributed by atoms with van der Waals surface area (Å²) in [5.41, 5.74) is -2.64. The first kappa shape index (κ1) is 14.8. The fraction of sp³-hybridized carbons (Fsp3) is 0.176. The van der Waals surface area contributed by atoms with E-state index in [0.717, 1.165) is 4.90 Å². The summed E-state index contributed by atoms with van der Waals surface area (Å²) in [6.45, 7) is 0. The number of oxazole rings is 1. The summed E-state index contributed by atoms with van der Waals surface area (Å²) >= 11 is 0. The normalized spacial score (nSPS) is 20.7. The number of para-hydroxylation sites is 3. The highest BCUT2D eigenvalue weighted by Gasteiger charge is 2.68. The van der Waals surface area contributed by atoms with Crippen molar-refractivity contribution in [3.8, 4) is 0 Å². The number of carbonyl (C=O) groups is 1. The zero-order valence-corrected chi connectivity index (χ0v) is 12.5. The maximum Gasteiger partial charge on any atom is 0.363 e. The van der Waals surface area contributed by atoms with E-state index in [1.807, 2.05) is 0 Å². The van der Waals surface area contributed by atoms with Crippen molar-refractivity contribution in [1.82, 2.24) is 4.98 Å². The van der Waals surface area contributed by atoms with Crippen LogP contribution in [0.1, 0.15) is 11.5 Å². The second kappa shape index (κ2) is 4.61. The molecule has 0 saturated heterocycles. The number of hydrogen-bond acceptors (Lipinski definition) is 4. The lowest BCUT2D eigenvalue weighted by molar-refractivity contribution is -0.204. The Morgan fingerprint density at radius 1 is 1.17 bits per heavy atom. The van der Waals surface area contributed by atoms with Crippen molar-refractivity contribution in [3.63, 3.8) is 0 Å². The lowest BCUT2D eigenvalue weighted by atomic mass is 9.88. The molecule has 3 aromatic rings. The number of anilines is 1. The number of amides is 1. The van der Waals surface area contributed by atoms with Crippen LogP contribution in [0.3, 0.4) is 0 Å². The molecular formula is C17H12F2N2O3. The molecule has 1 atom stereocenters. The monoisotopic (exact) mass is 330 g/mol. The molecule has 1 aliphatic rings. The Hall–Kier alpha value is -2.80. The predicted octanol–water partition coefficient (Wildman–Crippen LogP) is 2.78. The fourth-order valence-corrected chi connectivity index (χ4v) is 3.00. The number of aromatic nitrogens is 1. The fourth-order valence-electron chi connectivity index (χ4n) is 3.00. The molecular weight excluding hydrogens is 318 g/mol. The second-order valence-corrected chi connectivity index (χ2v) is 5.65. The van der Waals surface area contributed by atoms with Crippen LogP contribution in [-0.2, 0) is 16.3 Å². The molecule has 1 unspecified atom stereocenters. The Labute approximate surface area is 135 Å². The molecule has 122 valence electrons. The number of aliphatic hydroxyl groups is 1. The van der Waals surface area contributed by atoms with Crippen LogP contribution in [0.15, 0.2) is 52.9 Å². The molecule has 0 aliphatic carbocycles. The summed E-state index contributed by atoms with van der Waals surface area (Å²) in [5, 5.41) is 10.7. The standard InChI is InChI=1S/C17H12F2N2O3/c1-21-12-8-4-2-6-10(12)16(23,15(21)22)17(18,19)14-20-11-7-3-5-9-13(11)24-14/h2-9,23H,1H3. The molecule has 24 heavy (non-hydrogen) atoms. The van der Waals surface area contributed by atoms with Gasteiger partial charge in [0.25, 0.3) is 11.8 Å². The maximum atomic E-state index is 15.1. The molecule has 1 aromatic heterocycles. The Bertz CT molecular complexity index is 936. The summed E-state index contributed by atoms with van der Waals surface area (Å²) in [6.07, 6.45) is 0. The van der Waals surface area contributed by atoms with Crippen molar-refractivity contribution in [2.24, 2.45) is 0 Å². The van der Waals surface area contributed by atoms with E-state index in [-0.39, 0.29) is 22.4 Å². The number of benzene rings is 2. The lowest BCUT2D eigenvalue weighted by Crippen LogP contribution is -2.50. The molecule has 5 nitrogen and oxygen atoms in total. The first-order valence-corrected chi connectivity index (χ1v) is 7.21. The maximum absolute atomic E-state index is 15.1. The van der Waals surface area contributed by atoms with Gasteiger partial charge in [-0.2, -0.15) is 8.78 Å². The van der Waals surface area contributed by atoms with Gasteiger partial charge in [-0.1, -0.05) is 30.3 Å². The van der Waals surface area contributed by atoms with Crippen LogP contribution >= 0.6 is 0 Å². The summed E-state index contributed by atoms with van der Waals surface area (Å²) in [4.78, 5) is 17.2. The van der Waals surface area contributed by atoms with Crippen LogP contribution in [0.2, 0.25) is 0 Å². The van der Waals surface area contributed by atoms with Gasteiger partial charge in [0, 0.05) is 12.6 Å². The zero-order valence-electron chi connectivity index (χ0n) is 12.5. The molecule has 0 radical (unpaired) electrons. The van der Waals surface area contributed by atoms with Gasteiger partial charge in [-0.25, -0.2) is 4.98 Å². The van der Waals surface area contributed by atoms with E-state index < -0.39 is 23.3 Å². The summed E-state index contributed by atoms with van der Waals surface area (Å²) in [6, 6.07) is 12.1. The number of alkyl halides is 2. The minimum atomic E-state index is -4.04. The molecule has 0 saturated carbocycles. The molecule has 4 rings (SSSR count). The lowest BCUT2D eigenvalue weighted by Gasteiger charge is -2.28. The smallest absolute Gasteiger partial charge is 0.363 e. The minimum Gasteiger partial charge on any atom is -0.435 e. The third kappa shape index (κ3) is 1.64. The molecule has 0 fully saturated rings. The molecule has 1 aliphatic heterocycles. The van der Waals surface area contributed by atoms with Gasteiger partial charge in [0.2, 0.25) is 5.60 Å². The van der Waals surface area contributed by atoms with E-state index in [1.165, 1.54) is 37.4 Å². The third-order valence-corrected chi connectivity index (χ3v) is 4.29. The van der Waals surface area contributed by atoms with Gasteiger partial charge in [0.05, 0.1) is 5.69 Å². The van der Waals surface area contributed by atoms with Gasteiger partial charge in [-0.15, -0.1) is 0 Å². The van der Waals surface area contributed by atoms with Crippen LogP contribution in [0.25, 0.3) is 11.1 Å². The zero-order chi connectivity index (χ0) is 17.1. The SMILES string of the molecule is CN1C(=O)C(O)(C(F)(F)c2nc3ccccc3o2)c2ccccc21. The minimum absolute atomic E-state index is 0.155. The van der Waals surface area contributed by atoms with Crippen LogP contribution < -0.4 is 4.90 Å². The molecule has 0 bridgehead atoms. The second-order valence-electron chi connectivity index (χ2n) is 5.65. The van der Waals surface area contributed by atoms with Crippen molar-refractivity contribution >= 4 is 22.7 Å². The molecule has 1 amide bonds. The number of halogens is 2. The van der Waals surface area contributed by atoms with Gasteiger partial charge >= 0.3 is 5.92 Å². The first-order chi connectivity index (χ1) is 11.4. The van der Waals surface area contributed by atoms with E-state index in [4.69, 9.17) is 4.42 Å². The van der Waals surface area contributed by atoms with Gasteiger partial charge in [-0.05, 0) is 18.2 Å².